The van der Waals surface area contributed by atoms with Crippen molar-refractivity contribution in [1.82, 2.24) is 15.3 Å². The van der Waals surface area contributed by atoms with E-state index in [2.05, 4.69) is 27.4 Å². The highest BCUT2D eigenvalue weighted by molar-refractivity contribution is 5.60. The maximum absolute atomic E-state index is 4.54. The van der Waals surface area contributed by atoms with E-state index in [9.17, 15) is 0 Å². The van der Waals surface area contributed by atoms with Gasteiger partial charge < -0.3 is 5.32 Å². The first kappa shape index (κ1) is 11.4. The number of nitrogens with zero attached hydrogens (tertiary/aromatic N) is 2. The second kappa shape index (κ2) is 5.27. The summed E-state index contributed by atoms with van der Waals surface area (Å²) in [4.78, 5) is 9.08. The van der Waals surface area contributed by atoms with E-state index in [0.717, 1.165) is 37.3 Å². The molecule has 1 saturated heterocycles. The summed E-state index contributed by atoms with van der Waals surface area (Å²) in [6, 6.07) is 10.3. The van der Waals surface area contributed by atoms with Crippen LogP contribution < -0.4 is 5.32 Å². The van der Waals surface area contributed by atoms with Crippen LogP contribution in [-0.2, 0) is 0 Å². The third-order valence-corrected chi connectivity index (χ3v) is 3.48. The number of hydrogen-bond acceptors (Lipinski definition) is 3. The molecule has 1 aliphatic heterocycles. The zero-order valence-corrected chi connectivity index (χ0v) is 10.3. The molecule has 0 aliphatic carbocycles. The normalized spacial score (nSPS) is 16.7. The van der Waals surface area contributed by atoms with Gasteiger partial charge in [0.2, 0.25) is 0 Å². The predicted octanol–water partition coefficient (Wildman–Crippen LogP) is 2.61. The minimum atomic E-state index is 0.524. The number of benzene rings is 1. The summed E-state index contributed by atoms with van der Waals surface area (Å²) < 4.78 is 0. The molecule has 1 fully saturated rings. The Labute approximate surface area is 107 Å². The third-order valence-electron chi connectivity index (χ3n) is 3.48. The van der Waals surface area contributed by atoms with E-state index in [0.29, 0.717) is 5.92 Å². The van der Waals surface area contributed by atoms with Crippen LogP contribution in [0, 0.1) is 0 Å². The molecule has 0 spiro atoms. The first-order valence-electron chi connectivity index (χ1n) is 6.51. The molecule has 0 amide bonds. The predicted molar refractivity (Wildman–Crippen MR) is 72.3 cm³/mol. The second-order valence-corrected chi connectivity index (χ2v) is 4.72. The molecule has 0 unspecified atom stereocenters. The van der Waals surface area contributed by atoms with Crippen molar-refractivity contribution in [2.24, 2.45) is 0 Å². The fourth-order valence-electron chi connectivity index (χ4n) is 2.41. The molecule has 1 aliphatic rings. The second-order valence-electron chi connectivity index (χ2n) is 4.72. The average molecular weight is 239 g/mol. The van der Waals surface area contributed by atoms with Gasteiger partial charge >= 0.3 is 0 Å². The Kier molecular flexibility index (Phi) is 3.33. The van der Waals surface area contributed by atoms with Gasteiger partial charge in [0.1, 0.15) is 5.82 Å². The van der Waals surface area contributed by atoms with Gasteiger partial charge in [0.25, 0.3) is 0 Å². The molecule has 18 heavy (non-hydrogen) atoms. The highest BCUT2D eigenvalue weighted by Crippen LogP contribution is 2.23. The maximum Gasteiger partial charge on any atom is 0.131 e. The topological polar surface area (TPSA) is 37.8 Å². The van der Waals surface area contributed by atoms with Crippen LogP contribution in [0.3, 0.4) is 0 Å². The minimum absolute atomic E-state index is 0.524. The molecule has 1 N–H and O–H groups in total. The Bertz CT molecular complexity index is 487. The van der Waals surface area contributed by atoms with Gasteiger partial charge in [-0.25, -0.2) is 9.97 Å². The van der Waals surface area contributed by atoms with Crippen LogP contribution in [0.15, 0.2) is 42.7 Å². The number of rotatable bonds is 2. The molecule has 0 bridgehead atoms. The van der Waals surface area contributed by atoms with E-state index in [4.69, 9.17) is 0 Å². The monoisotopic (exact) mass is 239 g/mol. The number of aromatic nitrogens is 2. The van der Waals surface area contributed by atoms with Gasteiger partial charge in [-0.05, 0) is 31.5 Å². The largest absolute Gasteiger partial charge is 0.317 e. The lowest BCUT2D eigenvalue weighted by molar-refractivity contribution is 0.445. The molecule has 3 rings (SSSR count). The average Bonchev–Trinajstić information content (AvgIpc) is 2.49. The van der Waals surface area contributed by atoms with Crippen molar-refractivity contribution in [1.29, 1.82) is 0 Å². The summed E-state index contributed by atoms with van der Waals surface area (Å²) in [5.74, 6) is 1.52. The minimum Gasteiger partial charge on any atom is -0.317 e. The van der Waals surface area contributed by atoms with Crippen molar-refractivity contribution in [2.75, 3.05) is 13.1 Å². The fraction of sp³-hybridized carbons (Fsp3) is 0.333. The highest BCUT2D eigenvalue weighted by Gasteiger charge is 2.17. The molecule has 0 saturated carbocycles. The van der Waals surface area contributed by atoms with Gasteiger partial charge in [-0.15, -0.1) is 0 Å². The fourth-order valence-corrected chi connectivity index (χ4v) is 2.41. The number of hydrogen-bond donors (Lipinski definition) is 1. The lowest BCUT2D eigenvalue weighted by atomic mass is 9.97. The molecule has 2 heterocycles. The molecular weight excluding hydrogens is 222 g/mol. The molecule has 0 radical (unpaired) electrons. The Morgan fingerprint density at radius 3 is 2.22 bits per heavy atom. The van der Waals surface area contributed by atoms with Crippen molar-refractivity contribution in [3.05, 3.63) is 48.5 Å². The van der Waals surface area contributed by atoms with E-state index in [1.54, 1.807) is 0 Å². The van der Waals surface area contributed by atoms with Crippen LogP contribution in [0.5, 0.6) is 0 Å². The van der Waals surface area contributed by atoms with Gasteiger partial charge in [0.15, 0.2) is 0 Å². The Balaban J connectivity index is 1.80. The molecule has 3 heteroatoms. The van der Waals surface area contributed by atoms with Crippen LogP contribution >= 0.6 is 0 Å². The zero-order valence-electron chi connectivity index (χ0n) is 10.3. The van der Waals surface area contributed by atoms with Crippen molar-refractivity contribution >= 4 is 0 Å². The molecule has 2 aromatic rings. The lowest BCUT2D eigenvalue weighted by Gasteiger charge is -2.21. The van der Waals surface area contributed by atoms with Gasteiger partial charge in [0, 0.05) is 23.9 Å². The van der Waals surface area contributed by atoms with E-state index >= 15 is 0 Å². The van der Waals surface area contributed by atoms with Crippen molar-refractivity contribution in [3.8, 4) is 11.1 Å². The Hall–Kier alpha value is -1.74. The van der Waals surface area contributed by atoms with Crippen LogP contribution in [-0.4, -0.2) is 23.1 Å². The molecule has 1 aromatic carbocycles. The Morgan fingerprint density at radius 2 is 1.56 bits per heavy atom. The smallest absolute Gasteiger partial charge is 0.131 e. The summed E-state index contributed by atoms with van der Waals surface area (Å²) in [7, 11) is 0. The summed E-state index contributed by atoms with van der Waals surface area (Å²) >= 11 is 0. The van der Waals surface area contributed by atoms with Crippen LogP contribution in [0.2, 0.25) is 0 Å². The van der Waals surface area contributed by atoms with E-state index in [1.807, 2.05) is 30.6 Å². The molecule has 3 nitrogen and oxygen atoms in total. The van der Waals surface area contributed by atoms with Crippen molar-refractivity contribution < 1.29 is 0 Å². The van der Waals surface area contributed by atoms with Crippen LogP contribution in [0.25, 0.3) is 11.1 Å². The van der Waals surface area contributed by atoms with E-state index in [1.165, 1.54) is 5.56 Å². The quantitative estimate of drug-likeness (QED) is 0.875. The number of nitrogens with one attached hydrogen (secondary N) is 1. The molecule has 0 atom stereocenters. The first-order chi connectivity index (χ1) is 8.93. The van der Waals surface area contributed by atoms with E-state index in [-0.39, 0.29) is 0 Å². The lowest BCUT2D eigenvalue weighted by Crippen LogP contribution is -2.27. The van der Waals surface area contributed by atoms with Gasteiger partial charge in [-0.1, -0.05) is 30.3 Å². The summed E-state index contributed by atoms with van der Waals surface area (Å²) in [5.41, 5.74) is 2.27. The van der Waals surface area contributed by atoms with Crippen molar-refractivity contribution in [2.45, 2.75) is 18.8 Å². The summed E-state index contributed by atoms with van der Waals surface area (Å²) in [6.07, 6.45) is 6.18. The van der Waals surface area contributed by atoms with Gasteiger partial charge in [-0.2, -0.15) is 0 Å². The van der Waals surface area contributed by atoms with Gasteiger partial charge in [-0.3, -0.25) is 0 Å². The van der Waals surface area contributed by atoms with Crippen molar-refractivity contribution in [3.63, 3.8) is 0 Å². The first-order valence-corrected chi connectivity index (χ1v) is 6.51. The standard InChI is InChI=1S/C15H17N3/c1-2-4-12(5-3-1)14-10-17-15(18-11-14)13-6-8-16-9-7-13/h1-5,10-11,13,16H,6-9H2. The molecular formula is C15H17N3. The summed E-state index contributed by atoms with van der Waals surface area (Å²) in [6.45, 7) is 2.16. The van der Waals surface area contributed by atoms with Crippen LogP contribution in [0.1, 0.15) is 24.6 Å². The molecule has 92 valence electrons. The van der Waals surface area contributed by atoms with Crippen LogP contribution in [0.4, 0.5) is 0 Å². The van der Waals surface area contributed by atoms with Gasteiger partial charge in [0.05, 0.1) is 0 Å². The third kappa shape index (κ3) is 2.41. The SMILES string of the molecule is c1ccc(-c2cnc(C3CCNCC3)nc2)cc1. The maximum atomic E-state index is 4.54. The summed E-state index contributed by atoms with van der Waals surface area (Å²) in [5, 5.41) is 3.37. The number of piperidine rings is 1. The zero-order chi connectivity index (χ0) is 12.2. The molecule has 1 aromatic heterocycles. The van der Waals surface area contributed by atoms with E-state index < -0.39 is 0 Å². The Morgan fingerprint density at radius 1 is 0.889 bits per heavy atom. The highest BCUT2D eigenvalue weighted by atomic mass is 14.9.